The first-order valence-corrected chi connectivity index (χ1v) is 18.4. The molecule has 0 heterocycles. The van der Waals surface area contributed by atoms with Crippen molar-refractivity contribution >= 4 is 25.4 Å². The van der Waals surface area contributed by atoms with Crippen LogP contribution in [0.5, 0.6) is 0 Å². The van der Waals surface area contributed by atoms with Crippen molar-refractivity contribution in [1.29, 1.82) is 0 Å². The van der Waals surface area contributed by atoms with Gasteiger partial charge in [-0.3, -0.25) is 0 Å². The Morgan fingerprint density at radius 2 is 0.929 bits per heavy atom. The summed E-state index contributed by atoms with van der Waals surface area (Å²) in [5.74, 6) is 0. The van der Waals surface area contributed by atoms with Crippen molar-refractivity contribution in [3.63, 3.8) is 0 Å². The van der Waals surface area contributed by atoms with Gasteiger partial charge in [-0.25, -0.2) is 0 Å². The minimum atomic E-state index is -2.09. The van der Waals surface area contributed by atoms with Gasteiger partial charge in [-0.15, -0.1) is 0 Å². The van der Waals surface area contributed by atoms with Gasteiger partial charge in [0.2, 0.25) is 0 Å². The Bertz CT molecular complexity index is 380. The third-order valence-corrected chi connectivity index (χ3v) is 20.9. The lowest BCUT2D eigenvalue weighted by atomic mass is 10.3. The van der Waals surface area contributed by atoms with Crippen LogP contribution in [0.4, 0.5) is 0 Å². The van der Waals surface area contributed by atoms with Crippen LogP contribution in [0, 0.1) is 0 Å². The molecule has 0 amide bonds. The van der Waals surface area contributed by atoms with E-state index in [9.17, 15) is 0 Å². The second-order valence-electron chi connectivity index (χ2n) is 8.50. The summed E-state index contributed by atoms with van der Waals surface area (Å²) in [6, 6.07) is 3.94. The van der Waals surface area contributed by atoms with E-state index in [1.165, 1.54) is 18.1 Å². The van der Waals surface area contributed by atoms with Gasteiger partial charge in [-0.05, 0) is 57.2 Å². The lowest BCUT2D eigenvalue weighted by Gasteiger charge is -2.43. The van der Waals surface area contributed by atoms with E-state index < -0.39 is 25.4 Å². The van der Waals surface area contributed by atoms with E-state index in [0.717, 1.165) is 25.9 Å². The monoisotopic (exact) mass is 451 g/mol. The van der Waals surface area contributed by atoms with E-state index in [1.807, 2.05) is 0 Å². The van der Waals surface area contributed by atoms with Crippen molar-refractivity contribution in [2.75, 3.05) is 41.5 Å². The summed E-state index contributed by atoms with van der Waals surface area (Å²) in [6.45, 7) is 18.4. The number of nitrogens with zero attached hydrogens (tertiary/aromatic N) is 1. The van der Waals surface area contributed by atoms with Gasteiger partial charge < -0.3 is 22.3 Å². The molecule has 0 radical (unpaired) electrons. The van der Waals surface area contributed by atoms with Crippen LogP contribution < -0.4 is 0 Å². The topological polar surface area (TPSA) is 40.2 Å². The van der Waals surface area contributed by atoms with Crippen molar-refractivity contribution in [2.45, 2.75) is 89.8 Å². The summed E-state index contributed by atoms with van der Waals surface area (Å²) < 4.78 is 26.1. The van der Waals surface area contributed by atoms with Crippen LogP contribution in [-0.2, 0) is 17.7 Å². The van der Waals surface area contributed by atoms with Crippen molar-refractivity contribution in [3.05, 3.63) is 0 Å². The Kier molecular flexibility index (Phi) is 13.2. The van der Waals surface area contributed by atoms with Gasteiger partial charge in [0.25, 0.3) is 0 Å². The smallest absolute Gasteiger partial charge is 0.337 e. The molecule has 0 rings (SSSR count). The molecule has 28 heavy (non-hydrogen) atoms. The highest BCUT2D eigenvalue weighted by molar-refractivity contribution is 6.77. The normalized spacial score (nSPS) is 15.9. The van der Waals surface area contributed by atoms with Crippen LogP contribution in [0.25, 0.3) is 0 Å². The zero-order valence-electron chi connectivity index (χ0n) is 20.7. The average molecular weight is 452 g/mol. The SMILES string of the molecule is CC[Si](CC)(CC)N(CCC(C)[Si](C)(OC)OC)CCC(C)[Si](C)(OC)OC. The second kappa shape index (κ2) is 13.0. The van der Waals surface area contributed by atoms with Gasteiger partial charge >= 0.3 is 17.1 Å². The molecule has 0 saturated heterocycles. The van der Waals surface area contributed by atoms with Gasteiger partial charge in [0, 0.05) is 39.5 Å². The number of rotatable bonds is 16. The van der Waals surface area contributed by atoms with Crippen molar-refractivity contribution in [3.8, 4) is 0 Å². The Morgan fingerprint density at radius 1 is 0.643 bits per heavy atom. The molecule has 0 fully saturated rings. The number of hydrogen-bond acceptors (Lipinski definition) is 5. The third-order valence-electron chi connectivity index (χ3n) is 7.72. The first-order valence-electron chi connectivity index (χ1n) is 11.0. The maximum atomic E-state index is 5.80. The average Bonchev–Trinajstić information content (AvgIpc) is 2.74. The molecule has 0 aliphatic rings. The molecule has 8 heteroatoms. The fraction of sp³-hybridized carbons (Fsp3) is 1.00. The molecule has 0 aromatic carbocycles. The Hall–Kier alpha value is 0.451. The van der Waals surface area contributed by atoms with E-state index in [1.54, 1.807) is 28.4 Å². The largest absolute Gasteiger partial charge is 0.398 e. The summed E-state index contributed by atoms with van der Waals surface area (Å²) in [4.78, 5) is 0. The van der Waals surface area contributed by atoms with Crippen molar-refractivity contribution in [2.24, 2.45) is 0 Å². The van der Waals surface area contributed by atoms with Crippen LogP contribution >= 0.6 is 0 Å². The molecule has 0 aliphatic heterocycles. The Labute approximate surface area is 179 Å². The molecule has 170 valence electrons. The molecule has 5 nitrogen and oxygen atoms in total. The van der Waals surface area contributed by atoms with Crippen molar-refractivity contribution in [1.82, 2.24) is 4.57 Å². The minimum Gasteiger partial charge on any atom is -0.398 e. The first-order chi connectivity index (χ1) is 13.1. The molecule has 0 aromatic heterocycles. The fourth-order valence-corrected chi connectivity index (χ4v) is 11.5. The van der Waals surface area contributed by atoms with Crippen molar-refractivity contribution < 1.29 is 17.7 Å². The zero-order valence-corrected chi connectivity index (χ0v) is 23.7. The van der Waals surface area contributed by atoms with Crippen LogP contribution in [0.2, 0.25) is 42.3 Å². The molecule has 0 bridgehead atoms. The standard InChI is InChI=1S/C20H49NO4Si3/c1-12-28(13-2,14-3)21(17-15-19(4)26(10,22-6)23-7)18-16-20(5)27(11,24-8)25-9/h19-20H,12-18H2,1-11H3. The first kappa shape index (κ1) is 28.5. The molecule has 2 atom stereocenters. The van der Waals surface area contributed by atoms with Crippen LogP contribution in [0.15, 0.2) is 0 Å². The van der Waals surface area contributed by atoms with E-state index >= 15 is 0 Å². The molecule has 0 aliphatic carbocycles. The summed E-state index contributed by atoms with van der Waals surface area (Å²) in [6.07, 6.45) is 2.27. The van der Waals surface area contributed by atoms with Crippen LogP contribution in [-0.4, -0.2) is 71.5 Å². The van der Waals surface area contributed by atoms with Crippen LogP contribution in [0.3, 0.4) is 0 Å². The second-order valence-corrected chi connectivity index (χ2v) is 21.4. The third kappa shape index (κ3) is 7.01. The maximum Gasteiger partial charge on any atom is 0.337 e. The van der Waals surface area contributed by atoms with Gasteiger partial charge in [0.1, 0.15) is 8.24 Å². The Balaban J connectivity index is 5.34. The van der Waals surface area contributed by atoms with E-state index in [-0.39, 0.29) is 0 Å². The summed E-state index contributed by atoms with van der Waals surface area (Å²) in [5.41, 5.74) is 0.939. The van der Waals surface area contributed by atoms with E-state index in [4.69, 9.17) is 17.7 Å². The molecule has 0 N–H and O–H groups in total. The highest BCUT2D eigenvalue weighted by Crippen LogP contribution is 2.32. The highest BCUT2D eigenvalue weighted by atomic mass is 28.4. The lowest BCUT2D eigenvalue weighted by molar-refractivity contribution is 0.229. The fourth-order valence-electron chi connectivity index (χ4n) is 4.20. The molecule has 0 saturated carbocycles. The predicted molar refractivity (Wildman–Crippen MR) is 128 cm³/mol. The minimum absolute atomic E-state index is 0.470. The van der Waals surface area contributed by atoms with Crippen LogP contribution in [0.1, 0.15) is 47.5 Å². The number of hydrogen-bond donors (Lipinski definition) is 0. The molecular weight excluding hydrogens is 402 g/mol. The molecular formula is C20H49NO4Si3. The summed E-state index contributed by atoms with van der Waals surface area (Å²) in [5, 5.41) is 0. The van der Waals surface area contributed by atoms with Gasteiger partial charge in [0.05, 0.1) is 0 Å². The quantitative estimate of drug-likeness (QED) is 0.286. The zero-order chi connectivity index (χ0) is 22.0. The lowest BCUT2D eigenvalue weighted by Crippen LogP contribution is -2.54. The molecule has 2 unspecified atom stereocenters. The summed E-state index contributed by atoms with van der Waals surface area (Å²) >= 11 is 0. The Morgan fingerprint density at radius 3 is 1.14 bits per heavy atom. The van der Waals surface area contributed by atoms with E-state index in [0.29, 0.717) is 11.1 Å². The summed E-state index contributed by atoms with van der Waals surface area (Å²) in [7, 11) is 1.59. The van der Waals surface area contributed by atoms with Gasteiger partial charge in [0.15, 0.2) is 0 Å². The molecule has 0 spiro atoms. The molecule has 0 aromatic rings. The highest BCUT2D eigenvalue weighted by Gasteiger charge is 2.41. The van der Waals surface area contributed by atoms with E-state index in [2.05, 4.69) is 52.3 Å². The maximum absolute atomic E-state index is 5.80. The predicted octanol–water partition coefficient (Wildman–Crippen LogP) is 5.58. The van der Waals surface area contributed by atoms with Gasteiger partial charge in [-0.2, -0.15) is 0 Å². The van der Waals surface area contributed by atoms with Gasteiger partial charge in [-0.1, -0.05) is 34.6 Å².